The van der Waals surface area contributed by atoms with Gasteiger partial charge >= 0.3 is 0 Å². The van der Waals surface area contributed by atoms with Crippen molar-refractivity contribution in [3.8, 4) is 0 Å². The van der Waals surface area contributed by atoms with Gasteiger partial charge in [-0.2, -0.15) is 0 Å². The second-order valence-electron chi connectivity index (χ2n) is 4.92. The highest BCUT2D eigenvalue weighted by Gasteiger charge is 2.11. The van der Waals surface area contributed by atoms with Gasteiger partial charge in [-0.15, -0.1) is 12.4 Å². The van der Waals surface area contributed by atoms with Crippen LogP contribution >= 0.6 is 12.4 Å². The zero-order chi connectivity index (χ0) is 12.1. The molecule has 19 heavy (non-hydrogen) atoms. The van der Waals surface area contributed by atoms with Crippen LogP contribution in [0.25, 0.3) is 29.0 Å². The standard InChI is InChI=1S/C17H12O.ClH/c18-13-6-9-15-12(10-13)5-8-16-14-3-1-2-11(14)4-7-17(15)16;/h1-2,4-5,7-10H,3,6H2;1H. The van der Waals surface area contributed by atoms with E-state index in [-0.39, 0.29) is 18.2 Å². The fourth-order valence-electron chi connectivity index (χ4n) is 3.00. The molecule has 0 atom stereocenters. The molecular formula is C17H13ClO. The number of hydrogen-bond donors (Lipinski definition) is 0. The molecule has 0 unspecified atom stereocenters. The fourth-order valence-corrected chi connectivity index (χ4v) is 3.00. The number of allylic oxidation sites excluding steroid dienone is 1. The number of ketones is 1. The van der Waals surface area contributed by atoms with Gasteiger partial charge < -0.3 is 0 Å². The molecular weight excluding hydrogens is 256 g/mol. The molecule has 2 aromatic carbocycles. The fraction of sp³-hybridized carbons (Fsp3) is 0.118. The van der Waals surface area contributed by atoms with E-state index in [1.54, 1.807) is 6.08 Å². The van der Waals surface area contributed by atoms with Gasteiger partial charge in [-0.3, -0.25) is 4.79 Å². The summed E-state index contributed by atoms with van der Waals surface area (Å²) in [6, 6.07) is 8.60. The summed E-state index contributed by atoms with van der Waals surface area (Å²) >= 11 is 0. The maximum absolute atomic E-state index is 11.5. The molecule has 0 saturated carbocycles. The van der Waals surface area contributed by atoms with Crippen molar-refractivity contribution in [1.29, 1.82) is 0 Å². The van der Waals surface area contributed by atoms with Crippen molar-refractivity contribution in [3.63, 3.8) is 0 Å². The van der Waals surface area contributed by atoms with Crippen LogP contribution < -0.4 is 10.4 Å². The van der Waals surface area contributed by atoms with E-state index in [4.69, 9.17) is 0 Å². The summed E-state index contributed by atoms with van der Waals surface area (Å²) in [5, 5.41) is 4.89. The molecule has 0 heterocycles. The van der Waals surface area contributed by atoms with Crippen LogP contribution in [-0.2, 0) is 11.2 Å². The SMILES string of the molecule is Cl.O=C1C=c2ccc3c4c(ccc3c2=CC1)C=CC4. The molecule has 0 bridgehead atoms. The van der Waals surface area contributed by atoms with Crippen LogP contribution in [0.2, 0.25) is 0 Å². The summed E-state index contributed by atoms with van der Waals surface area (Å²) in [6.45, 7) is 0. The van der Waals surface area contributed by atoms with Crippen molar-refractivity contribution in [2.75, 3.05) is 0 Å². The average Bonchev–Trinajstić information content (AvgIpc) is 2.86. The van der Waals surface area contributed by atoms with Crippen LogP contribution in [-0.4, -0.2) is 5.78 Å². The van der Waals surface area contributed by atoms with Crippen LogP contribution in [0.3, 0.4) is 0 Å². The summed E-state index contributed by atoms with van der Waals surface area (Å²) in [4.78, 5) is 11.5. The minimum atomic E-state index is 0. The third-order valence-corrected chi connectivity index (χ3v) is 3.87. The Kier molecular flexibility index (Phi) is 2.79. The number of Topliss-reactive ketones (excluding diaryl/α,β-unsaturated/α-hetero) is 1. The summed E-state index contributed by atoms with van der Waals surface area (Å²) in [5.41, 5.74) is 2.75. The van der Waals surface area contributed by atoms with E-state index in [9.17, 15) is 4.79 Å². The van der Waals surface area contributed by atoms with Crippen molar-refractivity contribution in [2.24, 2.45) is 0 Å². The van der Waals surface area contributed by atoms with Crippen molar-refractivity contribution >= 4 is 47.2 Å². The highest BCUT2D eigenvalue weighted by molar-refractivity contribution is 6.10. The van der Waals surface area contributed by atoms with Crippen molar-refractivity contribution in [1.82, 2.24) is 0 Å². The summed E-state index contributed by atoms with van der Waals surface area (Å²) in [6.07, 6.45) is 9.78. The lowest BCUT2D eigenvalue weighted by Gasteiger charge is -2.08. The number of halogens is 1. The smallest absolute Gasteiger partial charge is 0.160 e. The molecule has 4 rings (SSSR count). The largest absolute Gasteiger partial charge is 0.294 e. The van der Waals surface area contributed by atoms with E-state index in [0.717, 1.165) is 11.6 Å². The molecule has 0 fully saturated rings. The molecule has 2 aliphatic rings. The molecule has 2 aliphatic carbocycles. The van der Waals surface area contributed by atoms with E-state index < -0.39 is 0 Å². The van der Waals surface area contributed by atoms with E-state index in [1.165, 1.54) is 27.1 Å². The van der Waals surface area contributed by atoms with Gasteiger partial charge in [0.15, 0.2) is 5.78 Å². The first-order valence-corrected chi connectivity index (χ1v) is 6.29. The average molecular weight is 269 g/mol. The maximum atomic E-state index is 11.5. The van der Waals surface area contributed by atoms with Gasteiger partial charge in [0.2, 0.25) is 0 Å². The minimum absolute atomic E-state index is 0. The van der Waals surface area contributed by atoms with Crippen LogP contribution in [0.1, 0.15) is 17.5 Å². The Morgan fingerprint density at radius 3 is 2.68 bits per heavy atom. The van der Waals surface area contributed by atoms with E-state index in [0.29, 0.717) is 6.42 Å². The van der Waals surface area contributed by atoms with Crippen LogP contribution in [0.5, 0.6) is 0 Å². The molecule has 2 heteroatoms. The van der Waals surface area contributed by atoms with E-state index >= 15 is 0 Å². The Morgan fingerprint density at radius 1 is 0.947 bits per heavy atom. The lowest BCUT2D eigenvalue weighted by molar-refractivity contribution is -0.112. The molecule has 0 saturated heterocycles. The number of hydrogen-bond acceptors (Lipinski definition) is 1. The van der Waals surface area contributed by atoms with Gasteiger partial charge in [0.1, 0.15) is 0 Å². The van der Waals surface area contributed by atoms with Crippen LogP contribution in [0, 0.1) is 0 Å². The molecule has 0 aromatic heterocycles. The second-order valence-corrected chi connectivity index (χ2v) is 4.92. The molecule has 0 radical (unpaired) electrons. The number of carbonyl (C=O) groups excluding carboxylic acids is 1. The summed E-state index contributed by atoms with van der Waals surface area (Å²) in [7, 11) is 0. The number of carbonyl (C=O) groups is 1. The van der Waals surface area contributed by atoms with Gasteiger partial charge in [0.25, 0.3) is 0 Å². The second kappa shape index (κ2) is 4.36. The quantitative estimate of drug-likeness (QED) is 0.717. The van der Waals surface area contributed by atoms with Gasteiger partial charge in [-0.25, -0.2) is 0 Å². The monoisotopic (exact) mass is 268 g/mol. The molecule has 2 aromatic rings. The molecule has 0 spiro atoms. The first kappa shape index (κ1) is 12.2. The lowest BCUT2D eigenvalue weighted by Crippen LogP contribution is -2.29. The number of rotatable bonds is 0. The predicted octanol–water partition coefficient (Wildman–Crippen LogP) is 2.36. The molecule has 0 amide bonds. The molecule has 1 nitrogen and oxygen atoms in total. The summed E-state index contributed by atoms with van der Waals surface area (Å²) in [5.74, 6) is 0.199. The topological polar surface area (TPSA) is 17.1 Å². The predicted molar refractivity (Wildman–Crippen MR) is 81.7 cm³/mol. The van der Waals surface area contributed by atoms with Crippen molar-refractivity contribution in [2.45, 2.75) is 12.8 Å². The van der Waals surface area contributed by atoms with Gasteiger partial charge in [0.05, 0.1) is 0 Å². The van der Waals surface area contributed by atoms with Crippen molar-refractivity contribution < 1.29 is 4.79 Å². The highest BCUT2D eigenvalue weighted by atomic mass is 35.5. The van der Waals surface area contributed by atoms with Crippen LogP contribution in [0.4, 0.5) is 0 Å². The normalized spacial score (nSPS) is 15.3. The zero-order valence-electron chi connectivity index (χ0n) is 10.3. The number of benzene rings is 2. The van der Waals surface area contributed by atoms with Gasteiger partial charge in [-0.1, -0.05) is 42.5 Å². The Labute approximate surface area is 117 Å². The molecule has 0 N–H and O–H groups in total. The minimum Gasteiger partial charge on any atom is -0.294 e. The van der Waals surface area contributed by atoms with E-state index in [2.05, 4.69) is 42.5 Å². The van der Waals surface area contributed by atoms with Gasteiger partial charge in [0, 0.05) is 6.42 Å². The third-order valence-electron chi connectivity index (χ3n) is 3.87. The Balaban J connectivity index is 0.00000110. The Hall–Kier alpha value is -1.86. The van der Waals surface area contributed by atoms with Crippen molar-refractivity contribution in [3.05, 3.63) is 51.9 Å². The molecule has 0 aliphatic heterocycles. The lowest BCUT2D eigenvalue weighted by atomic mass is 9.95. The Bertz CT molecular complexity index is 844. The maximum Gasteiger partial charge on any atom is 0.160 e. The third kappa shape index (κ3) is 1.73. The van der Waals surface area contributed by atoms with E-state index in [1.807, 2.05) is 0 Å². The molecule has 94 valence electrons. The first-order valence-electron chi connectivity index (χ1n) is 6.29. The summed E-state index contributed by atoms with van der Waals surface area (Å²) < 4.78 is 0. The Morgan fingerprint density at radius 2 is 1.79 bits per heavy atom. The zero-order valence-corrected chi connectivity index (χ0v) is 11.2. The van der Waals surface area contributed by atoms with Crippen LogP contribution in [0.15, 0.2) is 30.3 Å². The number of fused-ring (bicyclic) bond motifs is 5. The van der Waals surface area contributed by atoms with Gasteiger partial charge in [-0.05, 0) is 44.8 Å². The first-order chi connectivity index (χ1) is 8.83. The highest BCUT2D eigenvalue weighted by Crippen LogP contribution is 2.26.